The van der Waals surface area contributed by atoms with Gasteiger partial charge < -0.3 is 10.2 Å². The minimum atomic E-state index is -0.342. The fourth-order valence-corrected chi connectivity index (χ4v) is 2.97. The molecule has 0 aromatic carbocycles. The molecule has 1 aliphatic heterocycles. The standard InChI is InChI=1S/C16H25N3O2S/c1-16(2,3)15(21)17-5-6-18-7-9-19(10-8-18)14(20)13-4-11-22-12-13/h4,11-12H,5-10H2,1-3H3,(H,17,21). The second-order valence-corrected chi connectivity index (χ2v) is 7.43. The van der Waals surface area contributed by atoms with E-state index in [0.29, 0.717) is 6.54 Å². The topological polar surface area (TPSA) is 52.7 Å². The Bertz CT molecular complexity index is 500. The smallest absolute Gasteiger partial charge is 0.254 e. The molecule has 1 aromatic heterocycles. The first-order chi connectivity index (χ1) is 10.4. The molecular weight excluding hydrogens is 298 g/mol. The molecule has 0 spiro atoms. The van der Waals surface area contributed by atoms with Gasteiger partial charge in [-0.1, -0.05) is 20.8 Å². The third kappa shape index (κ3) is 4.55. The van der Waals surface area contributed by atoms with Crippen molar-refractivity contribution in [1.82, 2.24) is 15.1 Å². The van der Waals surface area contributed by atoms with Gasteiger partial charge in [0, 0.05) is 50.1 Å². The van der Waals surface area contributed by atoms with Crippen molar-refractivity contribution in [2.24, 2.45) is 5.41 Å². The highest BCUT2D eigenvalue weighted by molar-refractivity contribution is 7.08. The Labute approximate surface area is 136 Å². The number of piperazine rings is 1. The minimum absolute atomic E-state index is 0.0822. The largest absolute Gasteiger partial charge is 0.354 e. The molecule has 0 radical (unpaired) electrons. The Kier molecular flexibility index (Phi) is 5.58. The van der Waals surface area contributed by atoms with E-state index in [0.717, 1.165) is 38.3 Å². The summed E-state index contributed by atoms with van der Waals surface area (Å²) in [5.41, 5.74) is 0.446. The highest BCUT2D eigenvalue weighted by Gasteiger charge is 2.23. The fourth-order valence-electron chi connectivity index (χ4n) is 2.34. The van der Waals surface area contributed by atoms with Gasteiger partial charge in [-0.25, -0.2) is 0 Å². The van der Waals surface area contributed by atoms with E-state index in [2.05, 4.69) is 10.2 Å². The SMILES string of the molecule is CC(C)(C)C(=O)NCCN1CCN(C(=O)c2ccsc2)CC1. The van der Waals surface area contributed by atoms with Gasteiger partial charge in [-0.05, 0) is 11.4 Å². The van der Waals surface area contributed by atoms with Crippen LogP contribution in [0.1, 0.15) is 31.1 Å². The maximum atomic E-state index is 12.2. The summed E-state index contributed by atoms with van der Waals surface area (Å²) in [5, 5.41) is 6.80. The van der Waals surface area contributed by atoms with Crippen LogP contribution in [0.25, 0.3) is 0 Å². The van der Waals surface area contributed by atoms with Gasteiger partial charge in [0.1, 0.15) is 0 Å². The summed E-state index contributed by atoms with van der Waals surface area (Å²) < 4.78 is 0. The normalized spacial score (nSPS) is 16.6. The third-order valence-electron chi connectivity index (χ3n) is 3.82. The molecule has 0 bridgehead atoms. The molecule has 6 heteroatoms. The van der Waals surface area contributed by atoms with Gasteiger partial charge in [-0.2, -0.15) is 11.3 Å². The summed E-state index contributed by atoms with van der Waals surface area (Å²) in [4.78, 5) is 28.2. The Morgan fingerprint density at radius 2 is 1.91 bits per heavy atom. The molecule has 5 nitrogen and oxygen atoms in total. The van der Waals surface area contributed by atoms with Crippen molar-refractivity contribution in [2.45, 2.75) is 20.8 Å². The van der Waals surface area contributed by atoms with E-state index in [1.165, 1.54) is 0 Å². The molecular formula is C16H25N3O2S. The van der Waals surface area contributed by atoms with E-state index in [1.54, 1.807) is 11.3 Å². The lowest BCUT2D eigenvalue weighted by Crippen LogP contribution is -2.50. The number of rotatable bonds is 4. The molecule has 2 amide bonds. The highest BCUT2D eigenvalue weighted by Crippen LogP contribution is 2.13. The van der Waals surface area contributed by atoms with Crippen molar-refractivity contribution in [3.05, 3.63) is 22.4 Å². The van der Waals surface area contributed by atoms with Crippen molar-refractivity contribution in [2.75, 3.05) is 39.3 Å². The van der Waals surface area contributed by atoms with Crippen LogP contribution in [0, 0.1) is 5.41 Å². The maximum Gasteiger partial charge on any atom is 0.254 e. The summed E-state index contributed by atoms with van der Waals surface area (Å²) >= 11 is 1.55. The van der Waals surface area contributed by atoms with E-state index >= 15 is 0 Å². The molecule has 122 valence electrons. The van der Waals surface area contributed by atoms with Crippen molar-refractivity contribution in [3.8, 4) is 0 Å². The number of amides is 2. The van der Waals surface area contributed by atoms with E-state index in [-0.39, 0.29) is 17.2 Å². The average molecular weight is 323 g/mol. The Hall–Kier alpha value is -1.40. The molecule has 0 aliphatic carbocycles. The molecule has 1 fully saturated rings. The number of nitrogens with zero attached hydrogens (tertiary/aromatic N) is 2. The van der Waals surface area contributed by atoms with Crippen LogP contribution in [0.2, 0.25) is 0 Å². The first-order valence-electron chi connectivity index (χ1n) is 7.70. The van der Waals surface area contributed by atoms with Crippen LogP contribution in [0.5, 0.6) is 0 Å². The second-order valence-electron chi connectivity index (χ2n) is 6.65. The second kappa shape index (κ2) is 7.24. The van der Waals surface area contributed by atoms with Crippen LogP contribution in [0.3, 0.4) is 0 Å². The first-order valence-corrected chi connectivity index (χ1v) is 8.64. The highest BCUT2D eigenvalue weighted by atomic mass is 32.1. The zero-order valence-electron chi connectivity index (χ0n) is 13.6. The lowest BCUT2D eigenvalue weighted by molar-refractivity contribution is -0.128. The van der Waals surface area contributed by atoms with Gasteiger partial charge in [0.15, 0.2) is 0 Å². The maximum absolute atomic E-state index is 12.2. The summed E-state index contributed by atoms with van der Waals surface area (Å²) in [6, 6.07) is 1.88. The van der Waals surface area contributed by atoms with E-state index < -0.39 is 0 Å². The van der Waals surface area contributed by atoms with Crippen LogP contribution >= 0.6 is 11.3 Å². The van der Waals surface area contributed by atoms with E-state index in [4.69, 9.17) is 0 Å². The number of hydrogen-bond donors (Lipinski definition) is 1. The molecule has 0 atom stereocenters. The summed E-state index contributed by atoms with van der Waals surface area (Å²) in [5.74, 6) is 0.209. The Balaban J connectivity index is 1.69. The fraction of sp³-hybridized carbons (Fsp3) is 0.625. The van der Waals surface area contributed by atoms with Gasteiger partial charge in [-0.15, -0.1) is 0 Å². The summed E-state index contributed by atoms with van der Waals surface area (Å²) in [6.45, 7) is 10.5. The third-order valence-corrected chi connectivity index (χ3v) is 4.51. The monoisotopic (exact) mass is 323 g/mol. The van der Waals surface area contributed by atoms with Crippen molar-refractivity contribution >= 4 is 23.2 Å². The molecule has 2 heterocycles. The molecule has 0 unspecified atom stereocenters. The number of nitrogens with one attached hydrogen (secondary N) is 1. The molecule has 22 heavy (non-hydrogen) atoms. The average Bonchev–Trinajstić information content (AvgIpc) is 3.00. The van der Waals surface area contributed by atoms with Crippen molar-refractivity contribution < 1.29 is 9.59 Å². The van der Waals surface area contributed by atoms with E-state index in [9.17, 15) is 9.59 Å². The van der Waals surface area contributed by atoms with Crippen LogP contribution < -0.4 is 5.32 Å². The van der Waals surface area contributed by atoms with Gasteiger partial charge >= 0.3 is 0 Å². The van der Waals surface area contributed by atoms with Crippen LogP contribution in [0.4, 0.5) is 0 Å². The molecule has 1 aliphatic rings. The predicted molar refractivity (Wildman–Crippen MR) is 89.1 cm³/mol. The van der Waals surface area contributed by atoms with Gasteiger partial charge in [-0.3, -0.25) is 14.5 Å². The molecule has 1 aromatic rings. The minimum Gasteiger partial charge on any atom is -0.354 e. The number of carbonyl (C=O) groups is 2. The zero-order valence-corrected chi connectivity index (χ0v) is 14.4. The molecule has 2 rings (SSSR count). The lowest BCUT2D eigenvalue weighted by atomic mass is 9.96. The van der Waals surface area contributed by atoms with Crippen LogP contribution in [-0.2, 0) is 4.79 Å². The molecule has 1 saturated heterocycles. The van der Waals surface area contributed by atoms with Crippen LogP contribution in [-0.4, -0.2) is 60.9 Å². The Morgan fingerprint density at radius 3 is 2.45 bits per heavy atom. The van der Waals surface area contributed by atoms with Crippen molar-refractivity contribution in [3.63, 3.8) is 0 Å². The van der Waals surface area contributed by atoms with Gasteiger partial charge in [0.05, 0.1) is 5.56 Å². The summed E-state index contributed by atoms with van der Waals surface area (Å²) in [7, 11) is 0. The quantitative estimate of drug-likeness (QED) is 0.917. The number of thiophene rings is 1. The molecule has 0 saturated carbocycles. The zero-order chi connectivity index (χ0) is 16.2. The van der Waals surface area contributed by atoms with Gasteiger partial charge in [0.2, 0.25) is 5.91 Å². The first kappa shape index (κ1) is 17.0. The predicted octanol–water partition coefficient (Wildman–Crippen LogP) is 1.67. The molecule has 1 N–H and O–H groups in total. The lowest BCUT2D eigenvalue weighted by Gasteiger charge is -2.34. The van der Waals surface area contributed by atoms with Crippen LogP contribution in [0.15, 0.2) is 16.8 Å². The Morgan fingerprint density at radius 1 is 1.23 bits per heavy atom. The van der Waals surface area contributed by atoms with Gasteiger partial charge in [0.25, 0.3) is 5.91 Å². The number of carbonyl (C=O) groups excluding carboxylic acids is 2. The van der Waals surface area contributed by atoms with E-state index in [1.807, 2.05) is 42.5 Å². The number of hydrogen-bond acceptors (Lipinski definition) is 4. The van der Waals surface area contributed by atoms with Crippen molar-refractivity contribution in [1.29, 1.82) is 0 Å². The summed E-state index contributed by atoms with van der Waals surface area (Å²) in [6.07, 6.45) is 0.